The van der Waals surface area contributed by atoms with Crippen molar-refractivity contribution in [2.45, 2.75) is 56.8 Å². The van der Waals surface area contributed by atoms with Crippen molar-refractivity contribution in [3.05, 3.63) is 30.3 Å². The van der Waals surface area contributed by atoms with Crippen LogP contribution in [-0.4, -0.2) is 51.5 Å². The van der Waals surface area contributed by atoms with Crippen LogP contribution in [0.4, 0.5) is 0 Å². The molecular formula is C21H36IN3O3S. The Labute approximate surface area is 192 Å². The van der Waals surface area contributed by atoms with Crippen molar-refractivity contribution in [2.75, 3.05) is 32.0 Å². The Kier molecular flexibility index (Phi) is 12.1. The lowest BCUT2D eigenvalue weighted by Crippen LogP contribution is -2.39. The van der Waals surface area contributed by atoms with Gasteiger partial charge in [0.15, 0.2) is 15.8 Å². The zero-order valence-corrected chi connectivity index (χ0v) is 20.5. The van der Waals surface area contributed by atoms with Crippen molar-refractivity contribution in [3.63, 3.8) is 0 Å². The SMILES string of the molecule is CCNC(=NCC1(CCO)CCCCC1)NCCCS(=O)(=O)c1ccccc1.I. The number of halogens is 1. The Morgan fingerprint density at radius 2 is 1.83 bits per heavy atom. The molecule has 0 amide bonds. The highest BCUT2D eigenvalue weighted by Gasteiger charge is 2.31. The van der Waals surface area contributed by atoms with Crippen LogP contribution in [-0.2, 0) is 9.84 Å². The Bertz CT molecular complexity index is 700. The molecule has 0 aliphatic heterocycles. The number of guanidine groups is 1. The van der Waals surface area contributed by atoms with Gasteiger partial charge in [-0.25, -0.2) is 8.42 Å². The predicted octanol–water partition coefficient (Wildman–Crippen LogP) is 3.36. The molecule has 1 saturated carbocycles. The molecule has 1 aromatic rings. The number of nitrogens with zero attached hydrogens (tertiary/aromatic N) is 1. The molecule has 6 nitrogen and oxygen atoms in total. The third-order valence-electron chi connectivity index (χ3n) is 5.46. The lowest BCUT2D eigenvalue weighted by molar-refractivity contribution is 0.137. The molecule has 1 aliphatic rings. The molecule has 0 radical (unpaired) electrons. The number of hydrogen-bond donors (Lipinski definition) is 3. The van der Waals surface area contributed by atoms with E-state index in [-0.39, 0.29) is 41.8 Å². The fraction of sp³-hybridized carbons (Fsp3) is 0.667. The molecule has 0 bridgehead atoms. The molecule has 8 heteroatoms. The van der Waals surface area contributed by atoms with Gasteiger partial charge in [0.05, 0.1) is 10.6 Å². The molecule has 0 unspecified atom stereocenters. The summed E-state index contributed by atoms with van der Waals surface area (Å²) in [4.78, 5) is 5.13. The number of rotatable bonds is 10. The van der Waals surface area contributed by atoms with Crippen molar-refractivity contribution in [1.29, 1.82) is 0 Å². The molecule has 1 aromatic carbocycles. The Hall–Kier alpha value is -0.870. The summed E-state index contributed by atoms with van der Waals surface area (Å²) in [5.41, 5.74) is 0.103. The normalized spacial score (nSPS) is 16.7. The van der Waals surface area contributed by atoms with Gasteiger partial charge in [0, 0.05) is 26.2 Å². The third-order valence-corrected chi connectivity index (χ3v) is 7.27. The predicted molar refractivity (Wildman–Crippen MR) is 130 cm³/mol. The van der Waals surface area contributed by atoms with E-state index in [1.807, 2.05) is 13.0 Å². The van der Waals surface area contributed by atoms with Gasteiger partial charge in [-0.15, -0.1) is 24.0 Å². The van der Waals surface area contributed by atoms with E-state index in [1.54, 1.807) is 24.3 Å². The highest BCUT2D eigenvalue weighted by molar-refractivity contribution is 14.0. The molecular weight excluding hydrogens is 501 g/mol. The highest BCUT2D eigenvalue weighted by Crippen LogP contribution is 2.39. The van der Waals surface area contributed by atoms with Gasteiger partial charge >= 0.3 is 0 Å². The fourth-order valence-corrected chi connectivity index (χ4v) is 5.16. The maximum Gasteiger partial charge on any atom is 0.191 e. The van der Waals surface area contributed by atoms with Crippen molar-refractivity contribution in [3.8, 4) is 0 Å². The second-order valence-corrected chi connectivity index (χ2v) is 9.75. The first-order valence-corrected chi connectivity index (χ1v) is 12.1. The zero-order chi connectivity index (χ0) is 20.3. The van der Waals surface area contributed by atoms with E-state index >= 15 is 0 Å². The van der Waals surface area contributed by atoms with Gasteiger partial charge in [0.25, 0.3) is 0 Å². The zero-order valence-electron chi connectivity index (χ0n) is 17.4. The van der Waals surface area contributed by atoms with Crippen LogP contribution in [0.15, 0.2) is 40.2 Å². The van der Waals surface area contributed by atoms with Crippen LogP contribution in [0.3, 0.4) is 0 Å². The summed E-state index contributed by atoms with van der Waals surface area (Å²) < 4.78 is 24.7. The van der Waals surface area contributed by atoms with E-state index in [1.165, 1.54) is 19.3 Å². The van der Waals surface area contributed by atoms with Gasteiger partial charge in [-0.1, -0.05) is 37.5 Å². The molecule has 1 aliphatic carbocycles. The Balaban J connectivity index is 0.00000420. The molecule has 29 heavy (non-hydrogen) atoms. The summed E-state index contributed by atoms with van der Waals surface area (Å²) >= 11 is 0. The largest absolute Gasteiger partial charge is 0.396 e. The molecule has 0 heterocycles. The van der Waals surface area contributed by atoms with E-state index in [2.05, 4.69) is 10.6 Å². The molecule has 1 fully saturated rings. The summed E-state index contributed by atoms with van der Waals surface area (Å²) in [5.74, 6) is 0.834. The average Bonchev–Trinajstić information content (AvgIpc) is 2.71. The number of hydrogen-bond acceptors (Lipinski definition) is 4. The summed E-state index contributed by atoms with van der Waals surface area (Å²) in [5, 5.41) is 16.0. The van der Waals surface area contributed by atoms with Gasteiger partial charge < -0.3 is 15.7 Å². The van der Waals surface area contributed by atoms with Crippen molar-refractivity contribution >= 4 is 39.8 Å². The molecule has 166 valence electrons. The quantitative estimate of drug-likeness (QED) is 0.184. The van der Waals surface area contributed by atoms with E-state index in [4.69, 9.17) is 4.99 Å². The molecule has 3 N–H and O–H groups in total. The minimum absolute atomic E-state index is 0. The number of aliphatic hydroxyl groups is 1. The minimum atomic E-state index is -3.25. The minimum Gasteiger partial charge on any atom is -0.396 e. The second kappa shape index (κ2) is 13.4. The van der Waals surface area contributed by atoms with Crippen molar-refractivity contribution < 1.29 is 13.5 Å². The summed E-state index contributed by atoms with van der Waals surface area (Å²) in [7, 11) is -3.25. The molecule has 0 aromatic heterocycles. The Morgan fingerprint density at radius 3 is 2.45 bits per heavy atom. The number of aliphatic hydroxyl groups excluding tert-OH is 1. The van der Waals surface area contributed by atoms with Crippen molar-refractivity contribution in [2.24, 2.45) is 10.4 Å². The standard InChI is InChI=1S/C21H35N3O3S.HI/c1-2-22-20(24-18-21(14-16-25)12-7-4-8-13-21)23-15-9-17-28(26,27)19-10-5-3-6-11-19;/h3,5-6,10-11,25H,2,4,7-9,12-18H2,1H3,(H2,22,23,24);1H. The van der Waals surface area contributed by atoms with Crippen LogP contribution >= 0.6 is 24.0 Å². The molecule has 0 spiro atoms. The first-order valence-electron chi connectivity index (χ1n) is 10.4. The van der Waals surface area contributed by atoms with Crippen LogP contribution in [0.2, 0.25) is 0 Å². The summed E-state index contributed by atoms with van der Waals surface area (Å²) in [6.07, 6.45) is 7.23. The summed E-state index contributed by atoms with van der Waals surface area (Å²) in [6, 6.07) is 8.58. The summed E-state index contributed by atoms with van der Waals surface area (Å²) in [6.45, 7) is 4.22. The Morgan fingerprint density at radius 1 is 1.14 bits per heavy atom. The van der Waals surface area contributed by atoms with Gasteiger partial charge in [-0.2, -0.15) is 0 Å². The number of sulfone groups is 1. The van der Waals surface area contributed by atoms with Gasteiger partial charge in [-0.05, 0) is 50.2 Å². The van der Waals surface area contributed by atoms with Crippen LogP contribution in [0.5, 0.6) is 0 Å². The maximum absolute atomic E-state index is 12.4. The molecule has 0 saturated heterocycles. The number of benzene rings is 1. The monoisotopic (exact) mass is 537 g/mol. The number of nitrogens with one attached hydrogen (secondary N) is 2. The van der Waals surface area contributed by atoms with Crippen molar-refractivity contribution in [1.82, 2.24) is 10.6 Å². The topological polar surface area (TPSA) is 90.8 Å². The van der Waals surface area contributed by atoms with Crippen LogP contribution < -0.4 is 10.6 Å². The van der Waals surface area contributed by atoms with Crippen LogP contribution in [0.1, 0.15) is 51.9 Å². The highest BCUT2D eigenvalue weighted by atomic mass is 127. The van der Waals surface area contributed by atoms with Gasteiger partial charge in [0.1, 0.15) is 0 Å². The maximum atomic E-state index is 12.4. The van der Waals surface area contributed by atoms with Gasteiger partial charge in [-0.3, -0.25) is 4.99 Å². The van der Waals surface area contributed by atoms with Crippen LogP contribution in [0.25, 0.3) is 0 Å². The first kappa shape index (κ1) is 26.2. The van der Waals surface area contributed by atoms with Gasteiger partial charge in [0.2, 0.25) is 0 Å². The van der Waals surface area contributed by atoms with E-state index in [0.29, 0.717) is 24.4 Å². The fourth-order valence-electron chi connectivity index (χ4n) is 3.83. The van der Waals surface area contributed by atoms with Crippen LogP contribution in [0, 0.1) is 5.41 Å². The lowest BCUT2D eigenvalue weighted by atomic mass is 9.72. The third kappa shape index (κ3) is 8.80. The second-order valence-electron chi connectivity index (χ2n) is 7.64. The number of aliphatic imine (C=N–C) groups is 1. The van der Waals surface area contributed by atoms with E-state index in [0.717, 1.165) is 31.8 Å². The first-order chi connectivity index (χ1) is 13.5. The lowest BCUT2D eigenvalue weighted by Gasteiger charge is -2.35. The van der Waals surface area contributed by atoms with E-state index < -0.39 is 9.84 Å². The molecule has 0 atom stereocenters. The smallest absolute Gasteiger partial charge is 0.191 e. The average molecular weight is 538 g/mol. The van der Waals surface area contributed by atoms with E-state index in [9.17, 15) is 13.5 Å². The molecule has 2 rings (SSSR count).